The van der Waals surface area contributed by atoms with Crippen molar-refractivity contribution in [1.29, 1.82) is 0 Å². The number of benzene rings is 2. The number of nitrogens with zero attached hydrogens (tertiary/aromatic N) is 2. The molecule has 0 unspecified atom stereocenters. The van der Waals surface area contributed by atoms with Crippen LogP contribution in [0.1, 0.15) is 11.1 Å². The number of hydrogen-bond acceptors (Lipinski definition) is 4. The van der Waals surface area contributed by atoms with E-state index >= 15 is 0 Å². The lowest BCUT2D eigenvalue weighted by Crippen LogP contribution is -2.06. The van der Waals surface area contributed by atoms with Crippen LogP contribution >= 0.6 is 23.2 Å². The first-order valence-corrected chi connectivity index (χ1v) is 6.77. The van der Waals surface area contributed by atoms with E-state index in [0.717, 1.165) is 5.56 Å². The first-order chi connectivity index (χ1) is 10.1. The van der Waals surface area contributed by atoms with E-state index < -0.39 is 4.92 Å². The fourth-order valence-electron chi connectivity index (χ4n) is 1.64. The molecule has 0 aliphatic carbocycles. The molecule has 0 fully saturated rings. The summed E-state index contributed by atoms with van der Waals surface area (Å²) in [6.07, 6.45) is 1.49. The Morgan fingerprint density at radius 2 is 1.95 bits per heavy atom. The summed E-state index contributed by atoms with van der Waals surface area (Å²) in [5, 5.41) is 15.5. The maximum atomic E-state index is 10.8. The smallest absolute Gasteiger partial charge is 0.288 e. The van der Waals surface area contributed by atoms with Crippen molar-refractivity contribution in [2.24, 2.45) is 5.10 Å². The highest BCUT2D eigenvalue weighted by atomic mass is 35.5. The van der Waals surface area contributed by atoms with Gasteiger partial charge in [0.15, 0.2) is 0 Å². The summed E-state index contributed by atoms with van der Waals surface area (Å²) in [5.41, 5.74) is 4.19. The second-order valence-corrected chi connectivity index (χ2v) is 4.97. The standard InChI is InChI=1S/C14H11Cl2N3O2/c15-12-4-2-1-3-11(12)9-18-17-8-10-5-6-13(16)14(7-10)19(20)21/h1-8,18H,9H2/b17-8-. The number of nitro benzene ring substituents is 1. The molecule has 0 atom stereocenters. The van der Waals surface area contributed by atoms with E-state index in [-0.39, 0.29) is 10.7 Å². The van der Waals surface area contributed by atoms with Gasteiger partial charge in [0.25, 0.3) is 5.69 Å². The maximum Gasteiger partial charge on any atom is 0.288 e. The zero-order chi connectivity index (χ0) is 15.2. The number of hydrazone groups is 1. The summed E-state index contributed by atoms with van der Waals surface area (Å²) < 4.78 is 0. The summed E-state index contributed by atoms with van der Waals surface area (Å²) in [4.78, 5) is 10.2. The third kappa shape index (κ3) is 4.18. The lowest BCUT2D eigenvalue weighted by molar-refractivity contribution is -0.384. The fourth-order valence-corrected chi connectivity index (χ4v) is 2.03. The van der Waals surface area contributed by atoms with E-state index in [4.69, 9.17) is 23.2 Å². The SMILES string of the molecule is O=[N+]([O-])c1cc(/C=N\NCc2ccccc2Cl)ccc1Cl. The molecule has 0 aliphatic rings. The molecule has 5 nitrogen and oxygen atoms in total. The molecule has 0 spiro atoms. The molecule has 0 aliphatic heterocycles. The summed E-state index contributed by atoms with van der Waals surface area (Å²) in [7, 11) is 0. The Kier molecular flexibility index (Phi) is 5.14. The highest BCUT2D eigenvalue weighted by Gasteiger charge is 2.11. The van der Waals surface area contributed by atoms with E-state index in [2.05, 4.69) is 10.5 Å². The maximum absolute atomic E-state index is 10.8. The minimum atomic E-state index is -0.531. The molecule has 7 heteroatoms. The van der Waals surface area contributed by atoms with Crippen LogP contribution in [0, 0.1) is 10.1 Å². The van der Waals surface area contributed by atoms with Crippen LogP contribution in [0.5, 0.6) is 0 Å². The minimum Gasteiger partial charge on any atom is -0.306 e. The van der Waals surface area contributed by atoms with Crippen molar-refractivity contribution >= 4 is 35.1 Å². The molecule has 2 rings (SSSR count). The van der Waals surface area contributed by atoms with Crippen molar-refractivity contribution < 1.29 is 4.92 Å². The van der Waals surface area contributed by atoms with E-state index in [0.29, 0.717) is 17.1 Å². The quantitative estimate of drug-likeness (QED) is 0.513. The number of halogens is 2. The zero-order valence-electron chi connectivity index (χ0n) is 10.8. The Hall–Kier alpha value is -2.11. The van der Waals surface area contributed by atoms with Gasteiger partial charge in [-0.05, 0) is 17.7 Å². The van der Waals surface area contributed by atoms with Crippen LogP contribution in [0.3, 0.4) is 0 Å². The second-order valence-electron chi connectivity index (χ2n) is 4.15. The fraction of sp³-hybridized carbons (Fsp3) is 0.0714. The van der Waals surface area contributed by atoms with Crippen molar-refractivity contribution in [3.05, 3.63) is 73.8 Å². The Bertz CT molecular complexity index is 690. The molecule has 108 valence electrons. The molecule has 0 aromatic heterocycles. The average molecular weight is 324 g/mol. The van der Waals surface area contributed by atoms with Gasteiger partial charge in [0.05, 0.1) is 17.7 Å². The minimum absolute atomic E-state index is 0.0983. The van der Waals surface area contributed by atoms with Crippen LogP contribution in [0.4, 0.5) is 5.69 Å². The molecule has 0 bridgehead atoms. The van der Waals surface area contributed by atoms with E-state index in [1.165, 1.54) is 18.3 Å². The molecule has 0 radical (unpaired) electrons. The molecule has 2 aromatic carbocycles. The summed E-state index contributed by atoms with van der Waals surface area (Å²) in [6, 6.07) is 11.9. The second kappa shape index (κ2) is 7.06. The molecule has 0 saturated carbocycles. The average Bonchev–Trinajstić information content (AvgIpc) is 2.46. The van der Waals surface area contributed by atoms with Gasteiger partial charge in [-0.3, -0.25) is 10.1 Å². The third-order valence-corrected chi connectivity index (χ3v) is 3.39. The van der Waals surface area contributed by atoms with Crippen molar-refractivity contribution in [2.75, 3.05) is 0 Å². The molecule has 0 amide bonds. The monoisotopic (exact) mass is 323 g/mol. The highest BCUT2D eigenvalue weighted by molar-refractivity contribution is 6.32. The molecule has 21 heavy (non-hydrogen) atoms. The molecular weight excluding hydrogens is 313 g/mol. The Morgan fingerprint density at radius 3 is 2.67 bits per heavy atom. The number of hydrogen-bond donors (Lipinski definition) is 1. The topological polar surface area (TPSA) is 67.5 Å². The lowest BCUT2D eigenvalue weighted by Gasteiger charge is -2.03. The van der Waals surface area contributed by atoms with Crippen molar-refractivity contribution in [2.45, 2.75) is 6.54 Å². The van der Waals surface area contributed by atoms with Gasteiger partial charge in [0.1, 0.15) is 5.02 Å². The first kappa shape index (κ1) is 15.3. The number of nitro groups is 1. The largest absolute Gasteiger partial charge is 0.306 e. The first-order valence-electron chi connectivity index (χ1n) is 6.01. The summed E-state index contributed by atoms with van der Waals surface area (Å²) >= 11 is 11.7. The Labute approximate surface area is 131 Å². The van der Waals surface area contributed by atoms with Gasteiger partial charge >= 0.3 is 0 Å². The highest BCUT2D eigenvalue weighted by Crippen LogP contribution is 2.24. The van der Waals surface area contributed by atoms with Crippen molar-refractivity contribution in [1.82, 2.24) is 5.43 Å². The number of nitrogens with one attached hydrogen (secondary N) is 1. The molecular formula is C14H11Cl2N3O2. The zero-order valence-corrected chi connectivity index (χ0v) is 12.3. The predicted molar refractivity (Wildman–Crippen MR) is 84.0 cm³/mol. The molecule has 0 heterocycles. The Balaban J connectivity index is 2.00. The van der Waals surface area contributed by atoms with Crippen LogP contribution < -0.4 is 5.43 Å². The molecule has 0 saturated heterocycles. The summed E-state index contributed by atoms with van der Waals surface area (Å²) in [6.45, 7) is 0.464. The van der Waals surface area contributed by atoms with Crippen LogP contribution in [0.15, 0.2) is 47.6 Å². The normalized spacial score (nSPS) is 10.8. The van der Waals surface area contributed by atoms with Crippen molar-refractivity contribution in [3.8, 4) is 0 Å². The molecule has 1 N–H and O–H groups in total. The van der Waals surface area contributed by atoms with Gasteiger partial charge in [0, 0.05) is 16.7 Å². The van der Waals surface area contributed by atoms with Gasteiger partial charge in [-0.25, -0.2) is 0 Å². The van der Waals surface area contributed by atoms with Crippen LogP contribution in [0.2, 0.25) is 10.0 Å². The van der Waals surface area contributed by atoms with Crippen LogP contribution in [-0.4, -0.2) is 11.1 Å². The van der Waals surface area contributed by atoms with Gasteiger partial charge < -0.3 is 5.43 Å². The van der Waals surface area contributed by atoms with Crippen LogP contribution in [0.25, 0.3) is 0 Å². The van der Waals surface area contributed by atoms with Gasteiger partial charge in [0.2, 0.25) is 0 Å². The predicted octanol–water partition coefficient (Wildman–Crippen LogP) is 4.03. The van der Waals surface area contributed by atoms with Gasteiger partial charge in [-0.15, -0.1) is 0 Å². The van der Waals surface area contributed by atoms with E-state index in [9.17, 15) is 10.1 Å². The molecule has 2 aromatic rings. The van der Waals surface area contributed by atoms with E-state index in [1.807, 2.05) is 18.2 Å². The van der Waals surface area contributed by atoms with Crippen molar-refractivity contribution in [3.63, 3.8) is 0 Å². The van der Waals surface area contributed by atoms with Gasteiger partial charge in [-0.2, -0.15) is 5.10 Å². The van der Waals surface area contributed by atoms with Crippen LogP contribution in [-0.2, 0) is 6.54 Å². The Morgan fingerprint density at radius 1 is 1.19 bits per heavy atom. The number of rotatable bonds is 5. The lowest BCUT2D eigenvalue weighted by atomic mass is 10.2. The summed E-state index contributed by atoms with van der Waals surface area (Å²) in [5.74, 6) is 0. The van der Waals surface area contributed by atoms with E-state index in [1.54, 1.807) is 12.1 Å². The van der Waals surface area contributed by atoms with Gasteiger partial charge in [-0.1, -0.05) is 47.5 Å². The third-order valence-electron chi connectivity index (χ3n) is 2.70.